The van der Waals surface area contributed by atoms with Crippen molar-refractivity contribution in [1.82, 2.24) is 10.2 Å². The fraction of sp³-hybridized carbons (Fsp3) is 0.348. The third-order valence-electron chi connectivity index (χ3n) is 5.03. The van der Waals surface area contributed by atoms with Crippen LogP contribution in [0.25, 0.3) is 0 Å². The van der Waals surface area contributed by atoms with Crippen LogP contribution in [0.4, 0.5) is 4.79 Å². The fourth-order valence-corrected chi connectivity index (χ4v) is 3.61. The Morgan fingerprint density at radius 2 is 1.68 bits per heavy atom. The Hall–Kier alpha value is -2.87. The highest BCUT2D eigenvalue weighted by Crippen LogP contribution is 2.17. The number of amides is 2. The molecule has 164 valence electrons. The van der Waals surface area contributed by atoms with Gasteiger partial charge in [-0.2, -0.15) is 0 Å². The molecule has 0 bridgehead atoms. The average Bonchev–Trinajstić information content (AvgIpc) is 2.76. The molecule has 1 aliphatic rings. The van der Waals surface area contributed by atoms with Gasteiger partial charge in [0.1, 0.15) is 5.75 Å². The van der Waals surface area contributed by atoms with Crippen LogP contribution in [0.15, 0.2) is 53.0 Å². The van der Waals surface area contributed by atoms with Gasteiger partial charge in [-0.3, -0.25) is 9.59 Å². The van der Waals surface area contributed by atoms with Gasteiger partial charge in [-0.25, -0.2) is 4.79 Å². The molecule has 0 aliphatic carbocycles. The summed E-state index contributed by atoms with van der Waals surface area (Å²) in [5, 5.41) is 3.02. The van der Waals surface area contributed by atoms with Crippen molar-refractivity contribution in [2.75, 3.05) is 19.7 Å². The van der Waals surface area contributed by atoms with Gasteiger partial charge in [0, 0.05) is 29.2 Å². The normalized spacial score (nSPS) is 14.1. The number of carbonyl (C=O) groups excluding carboxylic acids is 3. The van der Waals surface area contributed by atoms with Crippen LogP contribution in [0, 0.1) is 0 Å². The molecule has 0 saturated carbocycles. The summed E-state index contributed by atoms with van der Waals surface area (Å²) in [7, 11) is 0. The van der Waals surface area contributed by atoms with E-state index in [-0.39, 0.29) is 24.5 Å². The van der Waals surface area contributed by atoms with E-state index >= 15 is 0 Å². The molecule has 0 unspecified atom stereocenters. The minimum Gasteiger partial charge on any atom is -0.434 e. The van der Waals surface area contributed by atoms with Crippen LogP contribution >= 0.6 is 15.9 Å². The van der Waals surface area contributed by atoms with E-state index in [2.05, 4.69) is 21.2 Å². The predicted octanol–water partition coefficient (Wildman–Crippen LogP) is 3.95. The molecule has 1 saturated heterocycles. The van der Waals surface area contributed by atoms with E-state index in [1.165, 1.54) is 0 Å². The maximum Gasteiger partial charge on any atom is 0.513 e. The Balaban J connectivity index is 1.44. The Morgan fingerprint density at radius 3 is 2.29 bits per heavy atom. The second kappa shape index (κ2) is 10.9. The van der Waals surface area contributed by atoms with Gasteiger partial charge in [0.2, 0.25) is 5.91 Å². The number of rotatable bonds is 6. The van der Waals surface area contributed by atoms with Crippen molar-refractivity contribution in [2.24, 2.45) is 0 Å². The van der Waals surface area contributed by atoms with Crippen LogP contribution in [0.1, 0.15) is 35.7 Å². The summed E-state index contributed by atoms with van der Waals surface area (Å²) in [6.07, 6.45) is 1.02. The molecule has 0 aromatic heterocycles. The molecule has 1 fully saturated rings. The third kappa shape index (κ3) is 6.82. The first kappa shape index (κ1) is 22.8. The monoisotopic (exact) mass is 488 g/mol. The molecule has 1 aliphatic heterocycles. The van der Waals surface area contributed by atoms with Crippen LogP contribution < -0.4 is 10.1 Å². The van der Waals surface area contributed by atoms with Crippen molar-refractivity contribution in [3.8, 4) is 5.75 Å². The summed E-state index contributed by atoms with van der Waals surface area (Å²) in [5.74, 6) is 0.221. The highest BCUT2D eigenvalue weighted by atomic mass is 79.9. The highest BCUT2D eigenvalue weighted by Gasteiger charge is 2.24. The quantitative estimate of drug-likeness (QED) is 0.491. The van der Waals surface area contributed by atoms with E-state index in [4.69, 9.17) is 9.47 Å². The zero-order chi connectivity index (χ0) is 22.2. The van der Waals surface area contributed by atoms with Crippen molar-refractivity contribution in [3.63, 3.8) is 0 Å². The van der Waals surface area contributed by atoms with Gasteiger partial charge in [-0.05, 0) is 61.7 Å². The second-order valence-corrected chi connectivity index (χ2v) is 8.16. The van der Waals surface area contributed by atoms with Gasteiger partial charge in [-0.15, -0.1) is 0 Å². The first-order valence-electron chi connectivity index (χ1n) is 10.2. The van der Waals surface area contributed by atoms with Gasteiger partial charge in [0.15, 0.2) is 0 Å². The van der Waals surface area contributed by atoms with Crippen molar-refractivity contribution in [1.29, 1.82) is 0 Å². The van der Waals surface area contributed by atoms with Gasteiger partial charge >= 0.3 is 6.16 Å². The fourth-order valence-electron chi connectivity index (χ4n) is 3.35. The van der Waals surface area contributed by atoms with Crippen LogP contribution in [0.5, 0.6) is 5.75 Å². The molecule has 0 spiro atoms. The van der Waals surface area contributed by atoms with Crippen molar-refractivity contribution in [3.05, 3.63) is 64.1 Å². The maximum absolute atomic E-state index is 12.5. The lowest BCUT2D eigenvalue weighted by molar-refractivity contribution is -0.131. The van der Waals surface area contributed by atoms with Gasteiger partial charge in [0.25, 0.3) is 5.91 Å². The topological polar surface area (TPSA) is 84.9 Å². The molecule has 8 heteroatoms. The second-order valence-electron chi connectivity index (χ2n) is 7.24. The molecule has 2 aromatic rings. The average molecular weight is 489 g/mol. The van der Waals surface area contributed by atoms with E-state index < -0.39 is 6.16 Å². The number of nitrogens with one attached hydrogen (secondary N) is 1. The van der Waals surface area contributed by atoms with Crippen molar-refractivity contribution in [2.45, 2.75) is 32.2 Å². The number of hydrogen-bond acceptors (Lipinski definition) is 5. The number of likely N-dealkylation sites (tertiary alicyclic amines) is 1. The molecule has 3 rings (SSSR count). The number of nitrogens with zero attached hydrogens (tertiary/aromatic N) is 1. The van der Waals surface area contributed by atoms with Gasteiger partial charge < -0.3 is 19.7 Å². The van der Waals surface area contributed by atoms with Crippen LogP contribution in [0.2, 0.25) is 0 Å². The van der Waals surface area contributed by atoms with Crippen LogP contribution in [-0.4, -0.2) is 48.6 Å². The van der Waals surface area contributed by atoms with E-state index in [0.717, 1.165) is 10.0 Å². The van der Waals surface area contributed by atoms with Crippen LogP contribution in [0.3, 0.4) is 0 Å². The van der Waals surface area contributed by atoms with Crippen LogP contribution in [-0.2, 0) is 16.0 Å². The standard InChI is InChI=1S/C23H25BrN2O5/c1-2-30-23(29)31-20-9-5-17(6-10-20)22(28)25-19-11-13-26(14-12-19)21(27)15-16-3-7-18(24)8-4-16/h3-10,19H,2,11-15H2,1H3,(H,25,28). The summed E-state index contributed by atoms with van der Waals surface area (Å²) in [5.41, 5.74) is 1.46. The molecule has 2 aromatic carbocycles. The summed E-state index contributed by atoms with van der Waals surface area (Å²) < 4.78 is 10.7. The number of hydrogen-bond donors (Lipinski definition) is 1. The summed E-state index contributed by atoms with van der Waals surface area (Å²) in [6, 6.07) is 14.1. The number of ether oxygens (including phenoxy) is 2. The molecule has 1 heterocycles. The molecule has 7 nitrogen and oxygen atoms in total. The number of benzene rings is 2. The van der Waals surface area contributed by atoms with E-state index in [9.17, 15) is 14.4 Å². The Labute approximate surface area is 189 Å². The smallest absolute Gasteiger partial charge is 0.434 e. The lowest BCUT2D eigenvalue weighted by Crippen LogP contribution is -2.46. The zero-order valence-corrected chi connectivity index (χ0v) is 18.9. The molecule has 2 amide bonds. The molecule has 0 atom stereocenters. The van der Waals surface area contributed by atoms with Crippen molar-refractivity contribution < 1.29 is 23.9 Å². The summed E-state index contributed by atoms with van der Waals surface area (Å²) >= 11 is 3.40. The first-order chi connectivity index (χ1) is 14.9. The lowest BCUT2D eigenvalue weighted by atomic mass is 10.0. The minimum atomic E-state index is -0.777. The first-order valence-corrected chi connectivity index (χ1v) is 11.0. The van der Waals surface area contributed by atoms with Gasteiger partial charge in [0.05, 0.1) is 13.0 Å². The predicted molar refractivity (Wildman–Crippen MR) is 119 cm³/mol. The van der Waals surface area contributed by atoms with E-state index in [1.54, 1.807) is 31.2 Å². The van der Waals surface area contributed by atoms with Gasteiger partial charge in [-0.1, -0.05) is 28.1 Å². The summed E-state index contributed by atoms with van der Waals surface area (Å²) in [6.45, 7) is 3.16. The molecular weight excluding hydrogens is 464 g/mol. The Bertz CT molecular complexity index is 907. The van der Waals surface area contributed by atoms with Crippen molar-refractivity contribution >= 4 is 33.9 Å². The largest absolute Gasteiger partial charge is 0.513 e. The SMILES string of the molecule is CCOC(=O)Oc1ccc(C(=O)NC2CCN(C(=O)Cc3ccc(Br)cc3)CC2)cc1. The maximum atomic E-state index is 12.5. The Kier molecular flexibility index (Phi) is 8.06. The van der Waals surface area contributed by atoms with E-state index in [0.29, 0.717) is 43.7 Å². The number of piperidine rings is 1. The molecule has 31 heavy (non-hydrogen) atoms. The summed E-state index contributed by atoms with van der Waals surface area (Å²) in [4.78, 5) is 38.2. The molecular formula is C23H25BrN2O5. The van der Waals surface area contributed by atoms with E-state index in [1.807, 2.05) is 29.2 Å². The third-order valence-corrected chi connectivity index (χ3v) is 5.56. The molecule has 0 radical (unpaired) electrons. The molecule has 1 N–H and O–H groups in total. The number of carbonyl (C=O) groups is 3. The minimum absolute atomic E-state index is 0.0136. The zero-order valence-electron chi connectivity index (χ0n) is 17.3. The number of halogens is 1. The lowest BCUT2D eigenvalue weighted by Gasteiger charge is -2.32. The highest BCUT2D eigenvalue weighted by molar-refractivity contribution is 9.10. The Morgan fingerprint density at radius 1 is 1.03 bits per heavy atom.